The first kappa shape index (κ1) is 27.1. The number of hydrogen-bond acceptors (Lipinski definition) is 8. The number of rotatable bonds is 10. The number of carbonyl (C=O) groups is 1. The molecule has 196 valence electrons. The van der Waals surface area contributed by atoms with Crippen LogP contribution in [0.4, 0.5) is 11.6 Å². The first-order chi connectivity index (χ1) is 19.0. The zero-order chi connectivity index (χ0) is 27.6. The summed E-state index contributed by atoms with van der Waals surface area (Å²) in [5.74, 6) is 0.557. The number of amides is 1. The highest BCUT2D eigenvalue weighted by Crippen LogP contribution is 2.33. The van der Waals surface area contributed by atoms with Gasteiger partial charge in [0.05, 0.1) is 18.5 Å². The molecule has 0 spiro atoms. The van der Waals surface area contributed by atoms with Crippen LogP contribution in [0.5, 0.6) is 11.5 Å². The zero-order valence-electron chi connectivity index (χ0n) is 20.8. The predicted octanol–water partition coefficient (Wildman–Crippen LogP) is 4.93. The van der Waals surface area contributed by atoms with E-state index in [1.807, 2.05) is 37.3 Å². The molecule has 0 unspecified atom stereocenters. The number of hydrazone groups is 1. The summed E-state index contributed by atoms with van der Waals surface area (Å²) in [5, 5.41) is 16.4. The molecule has 1 amide bonds. The van der Waals surface area contributed by atoms with E-state index in [4.69, 9.17) is 9.47 Å². The van der Waals surface area contributed by atoms with Crippen LogP contribution in [0.15, 0.2) is 87.2 Å². The summed E-state index contributed by atoms with van der Waals surface area (Å²) in [6.45, 7) is 2.00. The van der Waals surface area contributed by atoms with Gasteiger partial charge in [-0.05, 0) is 47.1 Å². The number of carbonyl (C=O) groups excluding carboxylic acids is 1. The topological polar surface area (TPSA) is 141 Å². The summed E-state index contributed by atoms with van der Waals surface area (Å²) < 4.78 is 12.1. The number of para-hydroxylation sites is 1. The van der Waals surface area contributed by atoms with Gasteiger partial charge in [0.15, 0.2) is 18.1 Å². The van der Waals surface area contributed by atoms with Gasteiger partial charge in [0.1, 0.15) is 11.6 Å². The molecule has 1 heterocycles. The Kier molecular flexibility index (Phi) is 9.05. The Morgan fingerprint density at radius 1 is 1.10 bits per heavy atom. The Bertz CT molecular complexity index is 1580. The number of nitrogens with one attached hydrogen (secondary N) is 3. The Morgan fingerprint density at radius 3 is 2.49 bits per heavy atom. The molecule has 0 saturated heterocycles. The van der Waals surface area contributed by atoms with Crippen LogP contribution in [-0.2, 0) is 4.79 Å². The molecular formula is C28H23BrN6O4. The maximum Gasteiger partial charge on any atom is 0.270 e. The summed E-state index contributed by atoms with van der Waals surface area (Å²) in [7, 11) is 0. The Balaban J connectivity index is 1.49. The van der Waals surface area contributed by atoms with Crippen LogP contribution >= 0.6 is 15.9 Å². The average molecular weight is 587 g/mol. The first-order valence-electron chi connectivity index (χ1n) is 11.8. The van der Waals surface area contributed by atoms with Crippen LogP contribution in [-0.4, -0.2) is 35.3 Å². The van der Waals surface area contributed by atoms with Gasteiger partial charge in [-0.3, -0.25) is 14.6 Å². The van der Waals surface area contributed by atoms with Crippen molar-refractivity contribution in [2.75, 3.05) is 24.0 Å². The Hall–Kier alpha value is -4.95. The van der Waals surface area contributed by atoms with Gasteiger partial charge in [-0.1, -0.05) is 48.5 Å². The summed E-state index contributed by atoms with van der Waals surface area (Å²) in [6.07, 6.45) is 1.50. The van der Waals surface area contributed by atoms with Gasteiger partial charge in [0, 0.05) is 21.3 Å². The highest BCUT2D eigenvalue weighted by molar-refractivity contribution is 9.10. The van der Waals surface area contributed by atoms with Crippen LogP contribution in [0.1, 0.15) is 18.1 Å². The van der Waals surface area contributed by atoms with Crippen LogP contribution < -0.4 is 25.8 Å². The number of anilines is 2. The van der Waals surface area contributed by atoms with Gasteiger partial charge in [-0.2, -0.15) is 10.4 Å². The van der Waals surface area contributed by atoms with E-state index in [0.29, 0.717) is 39.4 Å². The number of benzene rings is 3. The van der Waals surface area contributed by atoms with Crippen molar-refractivity contribution in [2.45, 2.75) is 6.92 Å². The maximum atomic E-state index is 12.4. The molecule has 0 saturated carbocycles. The molecule has 0 radical (unpaired) electrons. The zero-order valence-corrected chi connectivity index (χ0v) is 22.4. The second kappa shape index (κ2) is 13.0. The van der Waals surface area contributed by atoms with Crippen LogP contribution in [0, 0.1) is 11.3 Å². The second-order valence-corrected chi connectivity index (χ2v) is 8.80. The second-order valence-electron chi connectivity index (χ2n) is 7.94. The third-order valence-electron chi connectivity index (χ3n) is 5.23. The van der Waals surface area contributed by atoms with Crippen LogP contribution in [0.2, 0.25) is 0 Å². The van der Waals surface area contributed by atoms with Gasteiger partial charge < -0.3 is 14.8 Å². The van der Waals surface area contributed by atoms with E-state index in [-0.39, 0.29) is 29.7 Å². The molecule has 39 heavy (non-hydrogen) atoms. The molecule has 1 aromatic heterocycles. The molecule has 3 aromatic carbocycles. The number of halogens is 1. The van der Waals surface area contributed by atoms with Crippen molar-refractivity contribution in [3.8, 4) is 28.8 Å². The van der Waals surface area contributed by atoms with Gasteiger partial charge in [-0.25, -0.2) is 10.4 Å². The highest BCUT2D eigenvalue weighted by atomic mass is 79.9. The van der Waals surface area contributed by atoms with E-state index in [2.05, 4.69) is 41.7 Å². The molecule has 4 rings (SSSR count). The quantitative estimate of drug-likeness (QED) is 0.176. The first-order valence-corrected chi connectivity index (χ1v) is 12.6. The predicted molar refractivity (Wildman–Crippen MR) is 152 cm³/mol. The van der Waals surface area contributed by atoms with Crippen molar-refractivity contribution < 1.29 is 14.3 Å². The fourth-order valence-electron chi connectivity index (χ4n) is 3.49. The molecule has 10 nitrogen and oxygen atoms in total. The van der Waals surface area contributed by atoms with Crippen molar-refractivity contribution in [1.82, 2.24) is 9.97 Å². The summed E-state index contributed by atoms with van der Waals surface area (Å²) in [4.78, 5) is 31.6. The summed E-state index contributed by atoms with van der Waals surface area (Å²) in [6, 6.07) is 23.3. The summed E-state index contributed by atoms with van der Waals surface area (Å²) >= 11 is 3.49. The molecule has 3 N–H and O–H groups in total. The van der Waals surface area contributed by atoms with E-state index in [0.717, 1.165) is 0 Å². The Labute approximate surface area is 232 Å². The van der Waals surface area contributed by atoms with Crippen LogP contribution in [0.25, 0.3) is 11.3 Å². The molecule has 0 fully saturated rings. The third-order valence-corrected chi connectivity index (χ3v) is 5.92. The molecule has 0 aliphatic carbocycles. The standard InChI is InChI=1S/C28H23BrN6O4/c1-2-38-23-13-19(22(29)14-24(23)39-17-25(36)32-20-11-7-4-8-12-20)16-31-35-28-33-26(18-9-5-3-6-10-18)21(15-30)27(37)34-28/h3-14,16H,2,17H2,1H3,(H,32,36)(H2,33,34,35,37). The van der Waals surface area contributed by atoms with Gasteiger partial charge >= 0.3 is 0 Å². The SMILES string of the molecule is CCOc1cc(C=NNc2nc(-c3ccccc3)c(C#N)c(=O)[nH]2)c(Br)cc1OCC(=O)Nc1ccccc1. The largest absolute Gasteiger partial charge is 0.490 e. The Morgan fingerprint density at radius 2 is 1.79 bits per heavy atom. The van der Waals surface area contributed by atoms with Crippen molar-refractivity contribution in [1.29, 1.82) is 5.26 Å². The van der Waals surface area contributed by atoms with Crippen molar-refractivity contribution >= 4 is 39.7 Å². The van der Waals surface area contributed by atoms with E-state index in [1.165, 1.54) is 6.21 Å². The number of aromatic nitrogens is 2. The summed E-state index contributed by atoms with van der Waals surface area (Å²) in [5.41, 5.74) is 4.21. The highest BCUT2D eigenvalue weighted by Gasteiger charge is 2.14. The maximum absolute atomic E-state index is 12.4. The van der Waals surface area contributed by atoms with Crippen molar-refractivity contribution in [2.24, 2.45) is 5.10 Å². The number of hydrogen-bond donors (Lipinski definition) is 3. The third kappa shape index (κ3) is 7.09. The number of aromatic amines is 1. The number of H-pyrrole nitrogens is 1. The molecular weight excluding hydrogens is 564 g/mol. The number of ether oxygens (including phenoxy) is 2. The van der Waals surface area contributed by atoms with E-state index in [9.17, 15) is 14.9 Å². The average Bonchev–Trinajstić information content (AvgIpc) is 2.94. The fourth-order valence-corrected chi connectivity index (χ4v) is 3.92. The molecule has 11 heteroatoms. The molecule has 0 aliphatic heterocycles. The van der Waals surface area contributed by atoms with Gasteiger partial charge in [0.2, 0.25) is 5.95 Å². The minimum Gasteiger partial charge on any atom is -0.490 e. The van der Waals surface area contributed by atoms with E-state index < -0.39 is 5.56 Å². The lowest BCUT2D eigenvalue weighted by Crippen LogP contribution is -2.20. The van der Waals surface area contributed by atoms with Crippen LogP contribution in [0.3, 0.4) is 0 Å². The molecule has 0 aliphatic rings. The molecule has 0 bridgehead atoms. The van der Waals surface area contributed by atoms with E-state index in [1.54, 1.807) is 48.5 Å². The normalized spacial score (nSPS) is 10.6. The molecule has 0 atom stereocenters. The lowest BCUT2D eigenvalue weighted by atomic mass is 10.1. The van der Waals surface area contributed by atoms with Crippen molar-refractivity contribution in [3.63, 3.8) is 0 Å². The van der Waals surface area contributed by atoms with Gasteiger partial charge in [0.25, 0.3) is 11.5 Å². The fraction of sp³-hybridized carbons (Fsp3) is 0.107. The van der Waals surface area contributed by atoms with E-state index >= 15 is 0 Å². The minimum atomic E-state index is -0.582. The number of nitriles is 1. The van der Waals surface area contributed by atoms with Crippen molar-refractivity contribution in [3.05, 3.63) is 98.7 Å². The lowest BCUT2D eigenvalue weighted by Gasteiger charge is -2.14. The van der Waals surface area contributed by atoms with Gasteiger partial charge in [-0.15, -0.1) is 0 Å². The monoisotopic (exact) mass is 586 g/mol. The minimum absolute atomic E-state index is 0.0691. The smallest absolute Gasteiger partial charge is 0.270 e. The lowest BCUT2D eigenvalue weighted by molar-refractivity contribution is -0.118. The molecule has 4 aromatic rings. The number of nitrogens with zero attached hydrogens (tertiary/aromatic N) is 3.